The molecule has 2 amide bonds. The molecule has 144 valence electrons. The van der Waals surface area contributed by atoms with Gasteiger partial charge in [-0.15, -0.1) is 0 Å². The number of thiazole rings is 1. The van der Waals surface area contributed by atoms with E-state index < -0.39 is 11.8 Å². The Bertz CT molecular complexity index is 1070. The van der Waals surface area contributed by atoms with Crippen molar-refractivity contribution in [1.29, 1.82) is 0 Å². The number of nitrogens with two attached hydrogens (primary N) is 1. The van der Waals surface area contributed by atoms with Crippen LogP contribution in [0.5, 0.6) is 0 Å². The fourth-order valence-corrected chi connectivity index (χ4v) is 3.57. The lowest BCUT2D eigenvalue weighted by atomic mass is 10.2. The molecule has 0 fully saturated rings. The number of hydrogen-bond donors (Lipinski definition) is 2. The van der Waals surface area contributed by atoms with Gasteiger partial charge in [-0.25, -0.2) is 9.67 Å². The highest BCUT2D eigenvalue weighted by Gasteiger charge is 2.13. The Hall–Kier alpha value is -2.68. The normalized spacial score (nSPS) is 11.1. The van der Waals surface area contributed by atoms with Gasteiger partial charge in [0.2, 0.25) is 5.91 Å². The molecule has 0 aliphatic carbocycles. The van der Waals surface area contributed by atoms with Crippen LogP contribution in [0.1, 0.15) is 26.5 Å². The number of primary amides is 1. The van der Waals surface area contributed by atoms with Crippen molar-refractivity contribution in [2.75, 3.05) is 5.32 Å². The zero-order valence-electron chi connectivity index (χ0n) is 14.6. The van der Waals surface area contributed by atoms with Gasteiger partial charge in [0.1, 0.15) is 10.0 Å². The summed E-state index contributed by atoms with van der Waals surface area (Å²) in [6.07, 6.45) is 4.21. The van der Waals surface area contributed by atoms with Crippen LogP contribution in [0, 0.1) is 6.92 Å². The molecule has 3 rings (SSSR count). The number of nitrogens with zero attached hydrogens (tertiary/aromatic N) is 3. The summed E-state index contributed by atoms with van der Waals surface area (Å²) in [6, 6.07) is 7.43. The number of carbonyl (C=O) groups excluding carboxylic acids is 2. The van der Waals surface area contributed by atoms with Crippen LogP contribution in [0.15, 0.2) is 36.5 Å². The van der Waals surface area contributed by atoms with Gasteiger partial charge in [-0.1, -0.05) is 52.7 Å². The standard InChI is InChI=1S/C18H15Cl2N5O2S/c1-10-12(6-7-15(26)23-18-22-8-14(28-18)17(21)27)16(20)25(24-10)9-11-4-2-3-5-13(11)19/h2-8H,9H2,1H3,(H2,21,27)(H,22,23,26)/b7-6+. The van der Waals surface area contributed by atoms with E-state index in [1.165, 1.54) is 12.3 Å². The second-order valence-corrected chi connectivity index (χ2v) is 7.55. The lowest BCUT2D eigenvalue weighted by Gasteiger charge is -2.05. The van der Waals surface area contributed by atoms with Crippen molar-refractivity contribution < 1.29 is 9.59 Å². The summed E-state index contributed by atoms with van der Waals surface area (Å²) in [5.41, 5.74) is 7.35. The maximum Gasteiger partial charge on any atom is 0.260 e. The van der Waals surface area contributed by atoms with Crippen LogP contribution < -0.4 is 11.1 Å². The van der Waals surface area contributed by atoms with Crippen molar-refractivity contribution in [1.82, 2.24) is 14.8 Å². The van der Waals surface area contributed by atoms with E-state index in [9.17, 15) is 9.59 Å². The first kappa shape index (κ1) is 20.1. The molecule has 7 nitrogen and oxygen atoms in total. The third-order valence-corrected chi connectivity index (χ3v) is 5.46. The number of aryl methyl sites for hydroxylation is 1. The van der Waals surface area contributed by atoms with Gasteiger partial charge in [-0.05, 0) is 24.6 Å². The van der Waals surface area contributed by atoms with Gasteiger partial charge in [0.15, 0.2) is 5.13 Å². The summed E-state index contributed by atoms with van der Waals surface area (Å²) >= 11 is 13.6. The van der Waals surface area contributed by atoms with Gasteiger partial charge in [0, 0.05) is 16.7 Å². The highest BCUT2D eigenvalue weighted by atomic mass is 35.5. The molecule has 0 unspecified atom stereocenters. The minimum atomic E-state index is -0.595. The van der Waals surface area contributed by atoms with Gasteiger partial charge in [0.05, 0.1) is 18.4 Å². The monoisotopic (exact) mass is 435 g/mol. The number of anilines is 1. The Morgan fingerprint density at radius 2 is 2.07 bits per heavy atom. The van der Waals surface area contributed by atoms with E-state index in [4.69, 9.17) is 28.9 Å². The third kappa shape index (κ3) is 4.59. The molecule has 0 aliphatic rings. The number of aromatic nitrogens is 3. The highest BCUT2D eigenvalue weighted by Crippen LogP contribution is 2.24. The molecular formula is C18H15Cl2N5O2S. The van der Waals surface area contributed by atoms with Crippen molar-refractivity contribution in [3.8, 4) is 0 Å². The maximum absolute atomic E-state index is 12.1. The van der Waals surface area contributed by atoms with Gasteiger partial charge in [0.25, 0.3) is 5.91 Å². The second-order valence-electron chi connectivity index (χ2n) is 5.76. The molecule has 3 aromatic rings. The van der Waals surface area contributed by atoms with Gasteiger partial charge in [-0.3, -0.25) is 14.9 Å². The predicted octanol–water partition coefficient (Wildman–Crippen LogP) is 3.75. The highest BCUT2D eigenvalue weighted by molar-refractivity contribution is 7.17. The van der Waals surface area contributed by atoms with Crippen LogP contribution in [0.4, 0.5) is 5.13 Å². The lowest BCUT2D eigenvalue weighted by molar-refractivity contribution is -0.111. The average Bonchev–Trinajstić information content (AvgIpc) is 3.21. The molecule has 0 saturated carbocycles. The number of benzene rings is 1. The number of halogens is 2. The van der Waals surface area contributed by atoms with Crippen LogP contribution in [-0.2, 0) is 11.3 Å². The Kier molecular flexibility index (Phi) is 6.13. The van der Waals surface area contributed by atoms with E-state index >= 15 is 0 Å². The summed E-state index contributed by atoms with van der Waals surface area (Å²) in [5.74, 6) is -1.01. The van der Waals surface area contributed by atoms with Crippen molar-refractivity contribution in [2.24, 2.45) is 5.73 Å². The summed E-state index contributed by atoms with van der Waals surface area (Å²) in [6.45, 7) is 2.21. The van der Waals surface area contributed by atoms with Crippen molar-refractivity contribution >= 4 is 57.6 Å². The van der Waals surface area contributed by atoms with E-state index in [2.05, 4.69) is 15.4 Å². The summed E-state index contributed by atoms with van der Waals surface area (Å²) in [4.78, 5) is 27.4. The predicted molar refractivity (Wildman–Crippen MR) is 111 cm³/mol. The van der Waals surface area contributed by atoms with E-state index in [0.29, 0.717) is 28.0 Å². The van der Waals surface area contributed by atoms with Gasteiger partial charge >= 0.3 is 0 Å². The summed E-state index contributed by atoms with van der Waals surface area (Å²) < 4.78 is 1.62. The van der Waals surface area contributed by atoms with Gasteiger partial charge < -0.3 is 5.73 Å². The number of carbonyl (C=O) groups is 2. The molecule has 0 spiro atoms. The molecule has 0 radical (unpaired) electrons. The molecular weight excluding hydrogens is 421 g/mol. The Morgan fingerprint density at radius 3 is 2.75 bits per heavy atom. The molecule has 10 heteroatoms. The number of rotatable bonds is 6. The molecule has 2 heterocycles. The van der Waals surface area contributed by atoms with Crippen LogP contribution >= 0.6 is 34.5 Å². The van der Waals surface area contributed by atoms with Crippen LogP contribution in [-0.4, -0.2) is 26.6 Å². The lowest BCUT2D eigenvalue weighted by Crippen LogP contribution is -2.08. The van der Waals surface area contributed by atoms with Gasteiger partial charge in [-0.2, -0.15) is 5.10 Å². The molecule has 0 atom stereocenters. The minimum absolute atomic E-state index is 0.263. The van der Waals surface area contributed by atoms with Crippen LogP contribution in [0.25, 0.3) is 6.08 Å². The Morgan fingerprint density at radius 1 is 1.32 bits per heavy atom. The smallest absolute Gasteiger partial charge is 0.260 e. The fraction of sp³-hybridized carbons (Fsp3) is 0.111. The first-order valence-corrected chi connectivity index (χ1v) is 9.63. The number of hydrogen-bond acceptors (Lipinski definition) is 5. The minimum Gasteiger partial charge on any atom is -0.365 e. The third-order valence-electron chi connectivity index (χ3n) is 3.77. The quantitative estimate of drug-likeness (QED) is 0.575. The van der Waals surface area contributed by atoms with E-state index in [1.807, 2.05) is 18.2 Å². The van der Waals surface area contributed by atoms with Crippen LogP contribution in [0.3, 0.4) is 0 Å². The molecule has 0 aliphatic heterocycles. The van der Waals surface area contributed by atoms with Crippen molar-refractivity contribution in [3.63, 3.8) is 0 Å². The van der Waals surface area contributed by atoms with E-state index in [-0.39, 0.29) is 10.0 Å². The zero-order valence-corrected chi connectivity index (χ0v) is 17.0. The SMILES string of the molecule is Cc1nn(Cc2ccccc2Cl)c(Cl)c1/C=C/C(=O)Nc1ncc(C(N)=O)s1. The van der Waals surface area contributed by atoms with E-state index in [1.54, 1.807) is 23.7 Å². The average molecular weight is 436 g/mol. The largest absolute Gasteiger partial charge is 0.365 e. The van der Waals surface area contributed by atoms with Crippen LogP contribution in [0.2, 0.25) is 10.2 Å². The first-order valence-electron chi connectivity index (χ1n) is 8.06. The van der Waals surface area contributed by atoms with Crippen molar-refractivity contribution in [3.05, 3.63) is 68.4 Å². The summed E-state index contributed by atoms with van der Waals surface area (Å²) in [5, 5.41) is 8.28. The topological polar surface area (TPSA) is 103 Å². The molecule has 2 aromatic heterocycles. The number of amides is 2. The molecule has 0 saturated heterocycles. The Balaban J connectivity index is 1.73. The number of nitrogens with one attached hydrogen (secondary N) is 1. The molecule has 1 aromatic carbocycles. The molecule has 28 heavy (non-hydrogen) atoms. The maximum atomic E-state index is 12.1. The fourth-order valence-electron chi connectivity index (χ4n) is 2.40. The van der Waals surface area contributed by atoms with E-state index in [0.717, 1.165) is 16.9 Å². The second kappa shape index (κ2) is 8.55. The van der Waals surface area contributed by atoms with Crippen molar-refractivity contribution in [2.45, 2.75) is 13.5 Å². The molecule has 3 N–H and O–H groups in total. The molecule has 0 bridgehead atoms. The first-order chi connectivity index (χ1) is 13.3. The zero-order chi connectivity index (χ0) is 20.3. The summed E-state index contributed by atoms with van der Waals surface area (Å²) in [7, 11) is 0. The Labute approximate surface area is 174 Å².